The van der Waals surface area contributed by atoms with Crippen LogP contribution in [0.3, 0.4) is 0 Å². The molecule has 1 aromatic rings. The van der Waals surface area contributed by atoms with E-state index >= 15 is 0 Å². The predicted octanol–water partition coefficient (Wildman–Crippen LogP) is 1.71. The third-order valence-corrected chi connectivity index (χ3v) is 3.55. The summed E-state index contributed by atoms with van der Waals surface area (Å²) in [6.07, 6.45) is 5.51. The van der Waals surface area contributed by atoms with Crippen LogP contribution in [-0.2, 0) is 12.8 Å². The Kier molecular flexibility index (Phi) is 4.47. The van der Waals surface area contributed by atoms with Crippen molar-refractivity contribution in [2.24, 2.45) is 0 Å². The molecule has 1 saturated carbocycles. The van der Waals surface area contributed by atoms with E-state index in [1.54, 1.807) is 0 Å². The second kappa shape index (κ2) is 6.09. The second-order valence-corrected chi connectivity index (χ2v) is 4.84. The summed E-state index contributed by atoms with van der Waals surface area (Å²) in [4.78, 5) is 4.49. The van der Waals surface area contributed by atoms with Crippen LogP contribution in [0.5, 0.6) is 0 Å². The van der Waals surface area contributed by atoms with Gasteiger partial charge >= 0.3 is 0 Å². The van der Waals surface area contributed by atoms with Gasteiger partial charge in [-0.15, -0.1) is 5.10 Å². The van der Waals surface area contributed by atoms with Crippen LogP contribution in [-0.4, -0.2) is 32.4 Å². The molecule has 2 N–H and O–H groups in total. The molecule has 2 unspecified atom stereocenters. The molecule has 1 heterocycles. The third-order valence-electron chi connectivity index (χ3n) is 3.55. The Morgan fingerprint density at radius 1 is 1.11 bits per heavy atom. The molecule has 0 aliphatic heterocycles. The van der Waals surface area contributed by atoms with E-state index < -0.39 is 0 Å². The number of hydrogen-bond acceptors (Lipinski definition) is 5. The molecule has 0 saturated heterocycles. The number of nitrogens with zero attached hydrogens (tertiary/aromatic N) is 3. The number of aromatic nitrogens is 3. The molecular weight excluding hydrogens is 228 g/mol. The summed E-state index contributed by atoms with van der Waals surface area (Å²) in [6, 6.07) is 0.0673. The Morgan fingerprint density at radius 3 is 2.50 bits per heavy atom. The van der Waals surface area contributed by atoms with Gasteiger partial charge in [-0.05, 0) is 25.7 Å². The van der Waals surface area contributed by atoms with Gasteiger partial charge in [0.2, 0.25) is 5.95 Å². The normalized spacial score (nSPS) is 23.9. The number of nitrogens with one attached hydrogen (secondary N) is 1. The highest BCUT2D eigenvalue weighted by Gasteiger charge is 2.23. The molecule has 0 spiro atoms. The Labute approximate surface area is 108 Å². The first-order valence-corrected chi connectivity index (χ1v) is 6.91. The molecule has 1 aromatic heterocycles. The summed E-state index contributed by atoms with van der Waals surface area (Å²) in [6.45, 7) is 4.13. The molecule has 2 atom stereocenters. The van der Waals surface area contributed by atoms with Crippen molar-refractivity contribution in [3.05, 3.63) is 11.4 Å². The first-order valence-electron chi connectivity index (χ1n) is 6.91. The van der Waals surface area contributed by atoms with Crippen molar-refractivity contribution in [2.45, 2.75) is 64.5 Å². The molecule has 0 radical (unpaired) electrons. The molecule has 18 heavy (non-hydrogen) atoms. The topological polar surface area (TPSA) is 70.9 Å². The molecule has 0 bridgehead atoms. The summed E-state index contributed by atoms with van der Waals surface area (Å²) >= 11 is 0. The minimum atomic E-state index is -0.293. The van der Waals surface area contributed by atoms with Gasteiger partial charge < -0.3 is 10.4 Å². The fourth-order valence-electron chi connectivity index (χ4n) is 2.44. The van der Waals surface area contributed by atoms with Crippen LogP contribution in [0, 0.1) is 0 Å². The summed E-state index contributed by atoms with van der Waals surface area (Å²) in [5, 5.41) is 21.4. The lowest BCUT2D eigenvalue weighted by molar-refractivity contribution is 0.116. The molecule has 2 rings (SSSR count). The van der Waals surface area contributed by atoms with Crippen molar-refractivity contribution in [1.82, 2.24) is 15.2 Å². The lowest BCUT2D eigenvalue weighted by Crippen LogP contribution is -2.37. The van der Waals surface area contributed by atoms with Crippen LogP contribution in [0.15, 0.2) is 0 Å². The van der Waals surface area contributed by atoms with Crippen LogP contribution in [0.25, 0.3) is 0 Å². The molecule has 0 aromatic carbocycles. The summed E-state index contributed by atoms with van der Waals surface area (Å²) in [5.74, 6) is 0.551. The number of aryl methyl sites for hydroxylation is 2. The summed E-state index contributed by atoms with van der Waals surface area (Å²) < 4.78 is 0. The fourth-order valence-corrected chi connectivity index (χ4v) is 2.44. The predicted molar refractivity (Wildman–Crippen MR) is 70.5 cm³/mol. The van der Waals surface area contributed by atoms with E-state index in [1.807, 2.05) is 0 Å². The number of anilines is 1. The van der Waals surface area contributed by atoms with E-state index in [4.69, 9.17) is 0 Å². The smallest absolute Gasteiger partial charge is 0.243 e. The zero-order chi connectivity index (χ0) is 13.0. The van der Waals surface area contributed by atoms with Crippen LogP contribution in [0.1, 0.15) is 50.9 Å². The van der Waals surface area contributed by atoms with E-state index in [1.165, 1.54) is 0 Å². The van der Waals surface area contributed by atoms with E-state index in [-0.39, 0.29) is 12.1 Å². The minimum Gasteiger partial charge on any atom is -0.391 e. The highest BCUT2D eigenvalue weighted by molar-refractivity contribution is 5.28. The van der Waals surface area contributed by atoms with Gasteiger partial charge in [0.05, 0.1) is 23.5 Å². The van der Waals surface area contributed by atoms with E-state index in [0.717, 1.165) is 49.9 Å². The average molecular weight is 250 g/mol. The van der Waals surface area contributed by atoms with Gasteiger partial charge in [-0.3, -0.25) is 0 Å². The minimum absolute atomic E-state index is 0.0673. The standard InChI is InChI=1S/C13H22N4O/c1-3-9-10(4-2)16-17-13(14-9)15-11-7-5-6-8-12(11)18/h11-12,18H,3-8H2,1-2H3,(H,14,15,17). The van der Waals surface area contributed by atoms with Gasteiger partial charge in [-0.25, -0.2) is 4.98 Å². The number of aliphatic hydroxyl groups is 1. The van der Waals surface area contributed by atoms with Crippen molar-refractivity contribution < 1.29 is 5.11 Å². The Bertz CT molecular complexity index is 397. The van der Waals surface area contributed by atoms with E-state index in [2.05, 4.69) is 34.3 Å². The van der Waals surface area contributed by atoms with E-state index in [0.29, 0.717) is 5.95 Å². The average Bonchev–Trinajstić information content (AvgIpc) is 2.41. The lowest BCUT2D eigenvalue weighted by Gasteiger charge is -2.28. The van der Waals surface area contributed by atoms with Crippen LogP contribution in [0.4, 0.5) is 5.95 Å². The molecule has 0 amide bonds. The quantitative estimate of drug-likeness (QED) is 0.851. The van der Waals surface area contributed by atoms with Gasteiger partial charge in [0.15, 0.2) is 0 Å². The van der Waals surface area contributed by atoms with Gasteiger partial charge in [-0.2, -0.15) is 5.10 Å². The van der Waals surface area contributed by atoms with Gasteiger partial charge in [0.1, 0.15) is 0 Å². The number of rotatable bonds is 4. The first-order chi connectivity index (χ1) is 8.74. The Balaban J connectivity index is 2.08. The maximum Gasteiger partial charge on any atom is 0.243 e. The maximum atomic E-state index is 9.92. The van der Waals surface area contributed by atoms with Crippen molar-refractivity contribution in [1.29, 1.82) is 0 Å². The molecular formula is C13H22N4O. The van der Waals surface area contributed by atoms with E-state index in [9.17, 15) is 5.11 Å². The molecule has 1 aliphatic carbocycles. The second-order valence-electron chi connectivity index (χ2n) is 4.84. The SMILES string of the molecule is CCc1nnc(NC2CCCCC2O)nc1CC. The molecule has 5 nitrogen and oxygen atoms in total. The van der Waals surface area contributed by atoms with Gasteiger partial charge in [0.25, 0.3) is 0 Å². The highest BCUT2D eigenvalue weighted by Crippen LogP contribution is 2.21. The molecule has 1 fully saturated rings. The number of hydrogen-bond donors (Lipinski definition) is 2. The first kappa shape index (κ1) is 13.2. The van der Waals surface area contributed by atoms with Crippen molar-refractivity contribution in [3.63, 3.8) is 0 Å². The largest absolute Gasteiger partial charge is 0.391 e. The lowest BCUT2D eigenvalue weighted by atomic mass is 9.93. The van der Waals surface area contributed by atoms with Crippen molar-refractivity contribution in [2.75, 3.05) is 5.32 Å². The van der Waals surface area contributed by atoms with Gasteiger partial charge in [0, 0.05) is 0 Å². The van der Waals surface area contributed by atoms with Gasteiger partial charge in [-0.1, -0.05) is 26.7 Å². The molecule has 100 valence electrons. The van der Waals surface area contributed by atoms with Crippen molar-refractivity contribution in [3.8, 4) is 0 Å². The Morgan fingerprint density at radius 2 is 1.83 bits per heavy atom. The maximum absolute atomic E-state index is 9.92. The highest BCUT2D eigenvalue weighted by atomic mass is 16.3. The summed E-state index contributed by atoms with van der Waals surface area (Å²) in [7, 11) is 0. The van der Waals surface area contributed by atoms with Crippen LogP contribution < -0.4 is 5.32 Å². The molecule has 5 heteroatoms. The Hall–Kier alpha value is -1.23. The third kappa shape index (κ3) is 2.96. The number of aliphatic hydroxyl groups excluding tert-OH is 1. The zero-order valence-corrected chi connectivity index (χ0v) is 11.2. The molecule has 1 aliphatic rings. The zero-order valence-electron chi connectivity index (χ0n) is 11.2. The monoisotopic (exact) mass is 250 g/mol. The van der Waals surface area contributed by atoms with Crippen molar-refractivity contribution >= 4 is 5.95 Å². The van der Waals surface area contributed by atoms with Crippen LogP contribution >= 0.6 is 0 Å². The van der Waals surface area contributed by atoms with Crippen LogP contribution in [0.2, 0.25) is 0 Å². The fraction of sp³-hybridized carbons (Fsp3) is 0.769. The summed E-state index contributed by atoms with van der Waals surface area (Å²) in [5.41, 5.74) is 1.97.